The molecule has 1 unspecified atom stereocenters. The van der Waals surface area contributed by atoms with E-state index >= 15 is 0 Å². The molecular formula is C25H28N2O4. The minimum absolute atomic E-state index is 0.142. The molecule has 0 N–H and O–H groups in total. The zero-order chi connectivity index (χ0) is 22.1. The molecule has 1 aromatic heterocycles. The van der Waals surface area contributed by atoms with Crippen molar-refractivity contribution in [2.75, 3.05) is 33.8 Å². The van der Waals surface area contributed by atoms with Crippen molar-refractivity contribution in [3.8, 4) is 5.75 Å². The maximum Gasteiger partial charge on any atom is 0.290 e. The predicted octanol–water partition coefficient (Wildman–Crippen LogP) is 4.00. The molecule has 1 atom stereocenters. The lowest BCUT2D eigenvalue weighted by molar-refractivity contribution is 0.0716. The summed E-state index contributed by atoms with van der Waals surface area (Å²) >= 11 is 0. The molecule has 2 aromatic carbocycles. The van der Waals surface area contributed by atoms with Crippen LogP contribution in [0.3, 0.4) is 0 Å². The molecule has 0 saturated heterocycles. The molecule has 1 aliphatic heterocycles. The Morgan fingerprint density at radius 3 is 2.52 bits per heavy atom. The number of carbonyl (C=O) groups is 1. The number of hydrogen-bond acceptors (Lipinski definition) is 5. The summed E-state index contributed by atoms with van der Waals surface area (Å²) in [6.07, 6.45) is 0.929. The summed E-state index contributed by atoms with van der Waals surface area (Å²) in [5.74, 6) is 0.681. The first-order valence-electron chi connectivity index (χ1n) is 10.7. The van der Waals surface area contributed by atoms with Gasteiger partial charge < -0.3 is 19.0 Å². The summed E-state index contributed by atoms with van der Waals surface area (Å²) in [5, 5.41) is 0.508. The van der Waals surface area contributed by atoms with Crippen molar-refractivity contribution in [2.45, 2.75) is 26.3 Å². The zero-order valence-corrected chi connectivity index (χ0v) is 18.5. The van der Waals surface area contributed by atoms with Crippen LogP contribution >= 0.6 is 0 Å². The Morgan fingerprint density at radius 1 is 1.10 bits per heavy atom. The minimum atomic E-state index is -0.483. The maximum absolute atomic E-state index is 13.5. The van der Waals surface area contributed by atoms with Gasteiger partial charge in [-0.15, -0.1) is 0 Å². The standard InChI is InChI=1S/C25H28N2O4/c1-5-14-30-18-9-7-17(8-10-18)22-21-23(28)19-15-16(2)6-11-20(19)31-24(21)25(29)27(22)13-12-26(3)4/h6-11,15,22H,5,12-14H2,1-4H3. The number of hydrogen-bond donors (Lipinski definition) is 0. The Labute approximate surface area is 182 Å². The highest BCUT2D eigenvalue weighted by atomic mass is 16.5. The topological polar surface area (TPSA) is 63.0 Å². The summed E-state index contributed by atoms with van der Waals surface area (Å²) in [5.41, 5.74) is 2.57. The van der Waals surface area contributed by atoms with Crippen LogP contribution in [-0.2, 0) is 0 Å². The molecule has 0 bridgehead atoms. The molecule has 0 saturated carbocycles. The van der Waals surface area contributed by atoms with Gasteiger partial charge in [0.05, 0.1) is 23.6 Å². The number of benzene rings is 2. The van der Waals surface area contributed by atoms with Crippen LogP contribution in [0, 0.1) is 6.92 Å². The number of amides is 1. The summed E-state index contributed by atoms with van der Waals surface area (Å²) in [6, 6.07) is 12.6. The zero-order valence-electron chi connectivity index (χ0n) is 18.5. The summed E-state index contributed by atoms with van der Waals surface area (Å²) in [6.45, 7) is 5.81. The van der Waals surface area contributed by atoms with Crippen LogP contribution in [0.25, 0.3) is 11.0 Å². The molecule has 2 heterocycles. The number of fused-ring (bicyclic) bond motifs is 2. The van der Waals surface area contributed by atoms with Gasteiger partial charge in [-0.3, -0.25) is 9.59 Å². The van der Waals surface area contributed by atoms with Crippen LogP contribution in [0.5, 0.6) is 5.75 Å². The molecule has 0 spiro atoms. The van der Waals surface area contributed by atoms with Gasteiger partial charge in [0.1, 0.15) is 11.3 Å². The van der Waals surface area contributed by atoms with E-state index in [1.165, 1.54) is 0 Å². The highest BCUT2D eigenvalue weighted by molar-refractivity contribution is 5.99. The van der Waals surface area contributed by atoms with E-state index < -0.39 is 6.04 Å². The number of nitrogens with zero attached hydrogens (tertiary/aromatic N) is 2. The fourth-order valence-electron chi connectivity index (χ4n) is 3.99. The maximum atomic E-state index is 13.5. The first kappa shape index (κ1) is 21.1. The van der Waals surface area contributed by atoms with E-state index in [-0.39, 0.29) is 17.1 Å². The molecule has 4 rings (SSSR count). The van der Waals surface area contributed by atoms with Crippen molar-refractivity contribution in [3.05, 3.63) is 75.1 Å². The van der Waals surface area contributed by atoms with Gasteiger partial charge in [0, 0.05) is 13.1 Å². The van der Waals surface area contributed by atoms with E-state index in [9.17, 15) is 9.59 Å². The van der Waals surface area contributed by atoms with Crippen molar-refractivity contribution in [1.29, 1.82) is 0 Å². The van der Waals surface area contributed by atoms with Crippen molar-refractivity contribution in [1.82, 2.24) is 9.80 Å². The predicted molar refractivity (Wildman–Crippen MR) is 121 cm³/mol. The summed E-state index contributed by atoms with van der Waals surface area (Å²) in [7, 11) is 3.92. The van der Waals surface area contributed by atoms with E-state index in [2.05, 4.69) is 6.92 Å². The molecule has 6 heteroatoms. The summed E-state index contributed by atoms with van der Waals surface area (Å²) in [4.78, 5) is 30.6. The van der Waals surface area contributed by atoms with Crippen molar-refractivity contribution >= 4 is 16.9 Å². The van der Waals surface area contributed by atoms with E-state index in [0.29, 0.717) is 36.2 Å². The van der Waals surface area contributed by atoms with Gasteiger partial charge in [-0.25, -0.2) is 0 Å². The second-order valence-electron chi connectivity index (χ2n) is 8.30. The number of rotatable bonds is 7. The third-order valence-electron chi connectivity index (χ3n) is 5.58. The van der Waals surface area contributed by atoms with E-state index in [1.807, 2.05) is 62.3 Å². The molecule has 31 heavy (non-hydrogen) atoms. The highest BCUT2D eigenvalue weighted by Gasteiger charge is 2.42. The fourth-order valence-corrected chi connectivity index (χ4v) is 3.99. The van der Waals surface area contributed by atoms with Gasteiger partial charge in [0.25, 0.3) is 5.91 Å². The van der Waals surface area contributed by atoms with Gasteiger partial charge in [-0.2, -0.15) is 0 Å². The molecule has 1 amide bonds. The van der Waals surface area contributed by atoms with Crippen molar-refractivity contribution < 1.29 is 13.9 Å². The average molecular weight is 421 g/mol. The molecule has 6 nitrogen and oxygen atoms in total. The lowest BCUT2D eigenvalue weighted by atomic mass is 9.98. The van der Waals surface area contributed by atoms with Gasteiger partial charge in [0.15, 0.2) is 5.43 Å². The quantitative estimate of drug-likeness (QED) is 0.578. The lowest BCUT2D eigenvalue weighted by Crippen LogP contribution is -2.35. The number of likely N-dealkylation sites (N-methyl/N-ethyl adjacent to an activating group) is 1. The van der Waals surface area contributed by atoms with E-state index in [0.717, 1.165) is 23.3 Å². The molecule has 0 aliphatic carbocycles. The highest BCUT2D eigenvalue weighted by Crippen LogP contribution is 2.38. The Morgan fingerprint density at radius 2 is 1.84 bits per heavy atom. The van der Waals surface area contributed by atoms with Gasteiger partial charge >= 0.3 is 0 Å². The second-order valence-corrected chi connectivity index (χ2v) is 8.30. The normalized spacial score (nSPS) is 15.7. The SMILES string of the molecule is CCCOc1ccc(C2c3c(oc4ccc(C)cc4c3=O)C(=O)N2CCN(C)C)cc1. The van der Waals surface area contributed by atoms with Gasteiger partial charge in [0.2, 0.25) is 5.76 Å². The van der Waals surface area contributed by atoms with Crippen molar-refractivity contribution in [3.63, 3.8) is 0 Å². The molecule has 0 fully saturated rings. The molecule has 162 valence electrons. The monoisotopic (exact) mass is 420 g/mol. The van der Waals surface area contributed by atoms with Crippen molar-refractivity contribution in [2.24, 2.45) is 0 Å². The van der Waals surface area contributed by atoms with E-state index in [4.69, 9.17) is 9.15 Å². The third kappa shape index (κ3) is 3.95. The van der Waals surface area contributed by atoms with Crippen LogP contribution in [0.2, 0.25) is 0 Å². The minimum Gasteiger partial charge on any atom is -0.494 e. The van der Waals surface area contributed by atoms with Gasteiger partial charge in [-0.1, -0.05) is 30.7 Å². The van der Waals surface area contributed by atoms with E-state index in [1.54, 1.807) is 11.0 Å². The number of ether oxygens (including phenoxy) is 1. The summed E-state index contributed by atoms with van der Waals surface area (Å²) < 4.78 is 11.7. The first-order chi connectivity index (χ1) is 14.9. The molecule has 0 radical (unpaired) electrons. The smallest absolute Gasteiger partial charge is 0.290 e. The fraction of sp³-hybridized carbons (Fsp3) is 0.360. The lowest BCUT2D eigenvalue weighted by Gasteiger charge is -2.26. The van der Waals surface area contributed by atoms with Crippen LogP contribution in [0.15, 0.2) is 51.7 Å². The van der Waals surface area contributed by atoms with Crippen LogP contribution in [0.4, 0.5) is 0 Å². The van der Waals surface area contributed by atoms with Crippen LogP contribution in [0.1, 0.15) is 46.6 Å². The largest absolute Gasteiger partial charge is 0.494 e. The van der Waals surface area contributed by atoms with Crippen LogP contribution in [-0.4, -0.2) is 49.5 Å². The molecule has 3 aromatic rings. The number of aryl methyl sites for hydroxylation is 1. The Hall–Kier alpha value is -3.12. The first-order valence-corrected chi connectivity index (χ1v) is 10.7. The molecule has 1 aliphatic rings. The third-order valence-corrected chi connectivity index (χ3v) is 5.58. The van der Waals surface area contributed by atoms with Crippen LogP contribution < -0.4 is 10.2 Å². The molecular weight excluding hydrogens is 392 g/mol. The Bertz CT molecular complexity index is 1160. The Balaban J connectivity index is 1.84. The van der Waals surface area contributed by atoms with Gasteiger partial charge in [-0.05, 0) is 57.3 Å². The second kappa shape index (κ2) is 8.55. The Kier molecular flexibility index (Phi) is 5.83. The number of carbonyl (C=O) groups excluding carboxylic acids is 1. The average Bonchev–Trinajstić information content (AvgIpc) is 3.03.